The zero-order valence-electron chi connectivity index (χ0n) is 28.0. The van der Waals surface area contributed by atoms with Crippen LogP contribution in [0.4, 0.5) is 0 Å². The van der Waals surface area contributed by atoms with Gasteiger partial charge in [0.05, 0.1) is 6.61 Å². The number of ether oxygens (including phenoxy) is 1. The molecule has 1 aromatic rings. The monoisotopic (exact) mass is 555 g/mol. The van der Waals surface area contributed by atoms with Crippen molar-refractivity contribution < 1.29 is 4.74 Å². The van der Waals surface area contributed by atoms with Gasteiger partial charge in [-0.25, -0.2) is 0 Å². The van der Waals surface area contributed by atoms with E-state index in [9.17, 15) is 0 Å². The van der Waals surface area contributed by atoms with Crippen LogP contribution in [0.5, 0.6) is 0 Å². The van der Waals surface area contributed by atoms with Gasteiger partial charge in [0.1, 0.15) is 0 Å². The highest BCUT2D eigenvalue weighted by Crippen LogP contribution is 2.24. The van der Waals surface area contributed by atoms with Crippen molar-refractivity contribution in [2.75, 3.05) is 6.61 Å². The Bertz CT molecular complexity index is 679. The van der Waals surface area contributed by atoms with Crippen molar-refractivity contribution in [3.8, 4) is 0 Å². The molecular weight excluding hydrogens is 484 g/mol. The van der Waals surface area contributed by atoms with Crippen LogP contribution in [0.2, 0.25) is 0 Å². The Hall–Kier alpha value is -1.08. The van der Waals surface area contributed by atoms with E-state index in [1.165, 1.54) is 115 Å². The summed E-state index contributed by atoms with van der Waals surface area (Å²) < 4.78 is 5.84. The molecule has 40 heavy (non-hydrogen) atoms. The number of unbranched alkanes of at least 4 members (excludes halogenated alkanes) is 4. The van der Waals surface area contributed by atoms with E-state index >= 15 is 0 Å². The molecule has 0 radical (unpaired) electrons. The third-order valence-corrected chi connectivity index (χ3v) is 9.04. The Morgan fingerprint density at radius 2 is 1.10 bits per heavy atom. The summed E-state index contributed by atoms with van der Waals surface area (Å²) in [5, 5.41) is 0. The molecule has 0 saturated heterocycles. The van der Waals surface area contributed by atoms with Gasteiger partial charge in [-0.3, -0.25) is 0 Å². The molecule has 0 aliphatic heterocycles. The van der Waals surface area contributed by atoms with Crippen molar-refractivity contribution in [3.05, 3.63) is 48.0 Å². The fraction of sp³-hybridized carbons (Fsp3) is 0.795. The van der Waals surface area contributed by atoms with Crippen LogP contribution < -0.4 is 0 Å². The number of benzene rings is 1. The third-order valence-electron chi connectivity index (χ3n) is 9.04. The Kier molecular flexibility index (Phi) is 23.7. The standard InChI is InChI=1S/C39H70O/c1-7-8-9-10-12-20-34(2)21-15-22-35(3)23-16-24-36(4)25-17-26-37(5)27-18-28-38(6)29-19-32-40-33-39-30-13-11-14-31-39/h11,13-14,18,27,30-31,34-38H,7-10,12,15-17,19-26,28-29,32-33H2,1-6H3/b27-18+/t34-,35-,36-,37-,38-/m0/s1. The van der Waals surface area contributed by atoms with Crippen LogP contribution in [-0.2, 0) is 11.3 Å². The Labute approximate surface area is 252 Å². The highest BCUT2D eigenvalue weighted by molar-refractivity contribution is 5.13. The van der Waals surface area contributed by atoms with Gasteiger partial charge in [-0.15, -0.1) is 0 Å². The van der Waals surface area contributed by atoms with E-state index < -0.39 is 0 Å². The predicted molar refractivity (Wildman–Crippen MR) is 180 cm³/mol. The molecule has 0 heterocycles. The van der Waals surface area contributed by atoms with Gasteiger partial charge >= 0.3 is 0 Å². The van der Waals surface area contributed by atoms with Gasteiger partial charge < -0.3 is 4.74 Å². The Morgan fingerprint density at radius 1 is 0.575 bits per heavy atom. The van der Waals surface area contributed by atoms with Crippen LogP contribution in [0.3, 0.4) is 0 Å². The number of allylic oxidation sites excluding steroid dienone is 2. The first-order valence-corrected chi connectivity index (χ1v) is 17.7. The molecule has 5 atom stereocenters. The van der Waals surface area contributed by atoms with Gasteiger partial charge in [0, 0.05) is 6.61 Å². The molecule has 0 N–H and O–H groups in total. The van der Waals surface area contributed by atoms with Gasteiger partial charge in [-0.1, -0.05) is 174 Å². The van der Waals surface area contributed by atoms with E-state index in [0.717, 1.165) is 43.3 Å². The molecule has 232 valence electrons. The fourth-order valence-electron chi connectivity index (χ4n) is 6.00. The van der Waals surface area contributed by atoms with E-state index in [4.69, 9.17) is 4.74 Å². The smallest absolute Gasteiger partial charge is 0.0716 e. The molecule has 0 amide bonds. The molecule has 0 unspecified atom stereocenters. The average molecular weight is 555 g/mol. The molecule has 1 aromatic carbocycles. The van der Waals surface area contributed by atoms with E-state index in [1.54, 1.807) is 0 Å². The van der Waals surface area contributed by atoms with Crippen LogP contribution in [0.15, 0.2) is 42.5 Å². The van der Waals surface area contributed by atoms with Crippen LogP contribution in [0, 0.1) is 29.6 Å². The lowest BCUT2D eigenvalue weighted by molar-refractivity contribution is 0.114. The topological polar surface area (TPSA) is 9.23 Å². The molecule has 1 nitrogen and oxygen atoms in total. The Balaban J connectivity index is 1.96. The van der Waals surface area contributed by atoms with Crippen LogP contribution >= 0.6 is 0 Å². The van der Waals surface area contributed by atoms with E-state index in [1.807, 2.05) is 0 Å². The maximum Gasteiger partial charge on any atom is 0.0716 e. The molecule has 0 saturated carbocycles. The van der Waals surface area contributed by atoms with Crippen LogP contribution in [0.1, 0.15) is 163 Å². The predicted octanol–water partition coefficient (Wildman–Crippen LogP) is 13.0. The maximum atomic E-state index is 5.84. The summed E-state index contributed by atoms with van der Waals surface area (Å²) in [6.07, 6.45) is 29.9. The van der Waals surface area contributed by atoms with E-state index in [-0.39, 0.29) is 0 Å². The second kappa shape index (κ2) is 25.6. The van der Waals surface area contributed by atoms with Crippen molar-refractivity contribution in [1.82, 2.24) is 0 Å². The second-order valence-corrected chi connectivity index (χ2v) is 13.7. The minimum atomic E-state index is 0.715. The number of rotatable bonds is 27. The average Bonchev–Trinajstić information content (AvgIpc) is 2.93. The van der Waals surface area contributed by atoms with Gasteiger partial charge in [0.25, 0.3) is 0 Å². The third kappa shape index (κ3) is 22.6. The van der Waals surface area contributed by atoms with Gasteiger partial charge in [0.2, 0.25) is 0 Å². The molecule has 0 bridgehead atoms. The van der Waals surface area contributed by atoms with Gasteiger partial charge in [-0.2, -0.15) is 0 Å². The summed E-state index contributed by atoms with van der Waals surface area (Å²) in [5.41, 5.74) is 1.27. The molecule has 1 heteroatoms. The molecule has 0 aliphatic rings. The lowest BCUT2D eigenvalue weighted by Crippen LogP contribution is -2.02. The highest BCUT2D eigenvalue weighted by atomic mass is 16.5. The molecular formula is C39H70O. The SMILES string of the molecule is CCCCCCC[C@H](C)CCC[C@H](C)CCC[C@H](C)CCC[C@H](C)/C=C/C[C@H](C)CCCOCc1ccccc1. The number of hydrogen-bond acceptors (Lipinski definition) is 1. The van der Waals surface area contributed by atoms with Crippen molar-refractivity contribution in [3.63, 3.8) is 0 Å². The summed E-state index contributed by atoms with van der Waals surface area (Å²) in [6, 6.07) is 10.5. The van der Waals surface area contributed by atoms with E-state index in [0.29, 0.717) is 5.92 Å². The fourth-order valence-corrected chi connectivity index (χ4v) is 6.00. The first-order chi connectivity index (χ1) is 19.4. The van der Waals surface area contributed by atoms with Crippen LogP contribution in [-0.4, -0.2) is 6.61 Å². The molecule has 0 fully saturated rings. The van der Waals surface area contributed by atoms with Crippen molar-refractivity contribution in [2.24, 2.45) is 29.6 Å². The lowest BCUT2D eigenvalue weighted by Gasteiger charge is -2.16. The van der Waals surface area contributed by atoms with Crippen LogP contribution in [0.25, 0.3) is 0 Å². The molecule has 0 spiro atoms. The molecule has 0 aliphatic carbocycles. The number of hydrogen-bond donors (Lipinski definition) is 0. The zero-order chi connectivity index (χ0) is 29.3. The first kappa shape index (κ1) is 36.9. The second-order valence-electron chi connectivity index (χ2n) is 13.7. The lowest BCUT2D eigenvalue weighted by atomic mass is 9.90. The minimum absolute atomic E-state index is 0.715. The first-order valence-electron chi connectivity index (χ1n) is 17.7. The van der Waals surface area contributed by atoms with Crippen molar-refractivity contribution in [2.45, 2.75) is 164 Å². The Morgan fingerprint density at radius 3 is 1.70 bits per heavy atom. The maximum absolute atomic E-state index is 5.84. The largest absolute Gasteiger partial charge is 0.377 e. The summed E-state index contributed by atoms with van der Waals surface area (Å²) >= 11 is 0. The van der Waals surface area contributed by atoms with Crippen molar-refractivity contribution >= 4 is 0 Å². The van der Waals surface area contributed by atoms with Crippen molar-refractivity contribution in [1.29, 1.82) is 0 Å². The highest BCUT2D eigenvalue weighted by Gasteiger charge is 2.09. The quantitative estimate of drug-likeness (QED) is 0.0776. The van der Waals surface area contributed by atoms with E-state index in [2.05, 4.69) is 84.0 Å². The summed E-state index contributed by atoms with van der Waals surface area (Å²) in [7, 11) is 0. The normalized spacial score (nSPS) is 15.8. The zero-order valence-corrected chi connectivity index (χ0v) is 28.0. The minimum Gasteiger partial charge on any atom is -0.377 e. The van der Waals surface area contributed by atoms with Gasteiger partial charge in [-0.05, 0) is 60.8 Å². The summed E-state index contributed by atoms with van der Waals surface area (Å²) in [4.78, 5) is 0. The molecule has 0 aromatic heterocycles. The van der Waals surface area contributed by atoms with Gasteiger partial charge in [0.15, 0.2) is 0 Å². The summed E-state index contributed by atoms with van der Waals surface area (Å²) in [6.45, 7) is 16.2. The molecule has 1 rings (SSSR count). The summed E-state index contributed by atoms with van der Waals surface area (Å²) in [5.74, 6) is 4.20.